The predicted octanol–water partition coefficient (Wildman–Crippen LogP) is 3.38. The maximum atomic E-state index is 11.3. The Bertz CT molecular complexity index is 1700. The summed E-state index contributed by atoms with van der Waals surface area (Å²) in [6.45, 7) is 21.2. The van der Waals surface area contributed by atoms with E-state index in [4.69, 9.17) is 23.7 Å². The summed E-state index contributed by atoms with van der Waals surface area (Å²) in [6, 6.07) is 17.0. The minimum atomic E-state index is -0.435. The summed E-state index contributed by atoms with van der Waals surface area (Å²) in [6.07, 6.45) is 17.8. The zero-order valence-corrected chi connectivity index (χ0v) is 32.8. The van der Waals surface area contributed by atoms with Gasteiger partial charge in [-0.05, 0) is 43.0 Å². The lowest BCUT2D eigenvalue weighted by atomic mass is 10.1. The van der Waals surface area contributed by atoms with E-state index >= 15 is 0 Å². The molecule has 4 heterocycles. The molecule has 4 aromatic rings. The fraction of sp³-hybridized carbons (Fsp3) is 0.395. The Balaban J connectivity index is 0.000000296. The van der Waals surface area contributed by atoms with Gasteiger partial charge in [0.25, 0.3) is 0 Å². The average molecular weight is 758 g/mol. The number of aryl methyl sites for hydroxylation is 2. The fourth-order valence-corrected chi connectivity index (χ4v) is 4.95. The summed E-state index contributed by atoms with van der Waals surface area (Å²) in [7, 11) is 0. The summed E-state index contributed by atoms with van der Waals surface area (Å²) >= 11 is 0. The molecule has 0 bridgehead atoms. The normalized spacial score (nSPS) is 10.6. The van der Waals surface area contributed by atoms with Gasteiger partial charge >= 0.3 is 5.97 Å². The minimum Gasteiger partial charge on any atom is -0.460 e. The van der Waals surface area contributed by atoms with Gasteiger partial charge in [-0.3, -0.25) is 4.79 Å². The molecule has 0 atom stereocenters. The molecule has 0 fully saturated rings. The average Bonchev–Trinajstić information content (AvgIpc) is 3.23. The highest BCUT2D eigenvalue weighted by atomic mass is 16.6. The summed E-state index contributed by atoms with van der Waals surface area (Å²) in [5.41, 5.74) is 5.32. The molecule has 12 heteroatoms. The van der Waals surface area contributed by atoms with Gasteiger partial charge in [-0.2, -0.15) is 0 Å². The van der Waals surface area contributed by atoms with Crippen LogP contribution in [0.5, 0.6) is 0 Å². The van der Waals surface area contributed by atoms with Gasteiger partial charge in [-0.1, -0.05) is 13.2 Å². The van der Waals surface area contributed by atoms with Crippen LogP contribution in [-0.2, 0) is 59.5 Å². The van der Waals surface area contributed by atoms with Gasteiger partial charge in [0.05, 0.1) is 39.6 Å². The lowest BCUT2D eigenvalue weighted by Crippen LogP contribution is -2.35. The summed E-state index contributed by atoms with van der Waals surface area (Å²) in [4.78, 5) is 22.1. The molecule has 4 rings (SSSR count). The van der Waals surface area contributed by atoms with Crippen molar-refractivity contribution >= 4 is 11.9 Å². The first kappa shape index (κ1) is 44.3. The minimum absolute atomic E-state index is 0.139. The molecular formula is C43H59N5O7+4. The molecule has 4 aromatic heterocycles. The maximum absolute atomic E-state index is 11.3. The van der Waals surface area contributed by atoms with Crippen molar-refractivity contribution in [3.8, 4) is 22.3 Å². The Morgan fingerprint density at radius 3 is 1.27 bits per heavy atom. The van der Waals surface area contributed by atoms with E-state index < -0.39 is 5.97 Å². The second kappa shape index (κ2) is 26.6. The quantitative estimate of drug-likeness (QED) is 0.0506. The van der Waals surface area contributed by atoms with Crippen molar-refractivity contribution in [3.63, 3.8) is 0 Å². The van der Waals surface area contributed by atoms with Crippen molar-refractivity contribution < 1.29 is 51.5 Å². The van der Waals surface area contributed by atoms with E-state index in [9.17, 15) is 9.59 Å². The second-order valence-electron chi connectivity index (χ2n) is 12.3. The number of nitrogens with one attached hydrogen (secondary N) is 1. The zero-order valence-electron chi connectivity index (χ0n) is 32.8. The molecule has 1 N–H and O–H groups in total. The van der Waals surface area contributed by atoms with Crippen molar-refractivity contribution in [2.45, 2.75) is 47.0 Å². The Morgan fingerprint density at radius 1 is 0.564 bits per heavy atom. The largest absolute Gasteiger partial charge is 0.460 e. The third-order valence-electron chi connectivity index (χ3n) is 8.25. The Hall–Kier alpha value is -5.14. The summed E-state index contributed by atoms with van der Waals surface area (Å²) < 4.78 is 35.2. The lowest BCUT2D eigenvalue weighted by Gasteiger charge is -2.06. The highest BCUT2D eigenvalue weighted by Gasteiger charge is 2.07. The van der Waals surface area contributed by atoms with Crippen LogP contribution in [0, 0.1) is 0 Å². The number of ether oxygens (including phenoxy) is 5. The van der Waals surface area contributed by atoms with Crippen LogP contribution in [-0.4, -0.2) is 77.9 Å². The molecule has 1 amide bonds. The molecule has 0 radical (unpaired) electrons. The number of hydrogen-bond acceptors (Lipinski definition) is 7. The molecule has 0 aliphatic heterocycles. The van der Waals surface area contributed by atoms with Gasteiger partial charge in [0.1, 0.15) is 32.9 Å². The van der Waals surface area contributed by atoms with E-state index in [1.54, 1.807) is 6.92 Å². The molecule has 0 unspecified atom stereocenters. The third-order valence-corrected chi connectivity index (χ3v) is 8.25. The summed E-state index contributed by atoms with van der Waals surface area (Å²) in [5.74, 6) is -0.575. The van der Waals surface area contributed by atoms with Gasteiger partial charge in [0, 0.05) is 66.7 Å². The van der Waals surface area contributed by atoms with Crippen LogP contribution in [0.4, 0.5) is 0 Å². The van der Waals surface area contributed by atoms with Crippen LogP contribution in [0.1, 0.15) is 20.8 Å². The molecule has 0 saturated carbocycles. The zero-order chi connectivity index (χ0) is 39.5. The van der Waals surface area contributed by atoms with Gasteiger partial charge in [-0.25, -0.2) is 23.1 Å². The smallest absolute Gasteiger partial charge is 0.330 e. The fourth-order valence-electron chi connectivity index (χ4n) is 4.95. The topological polar surface area (TPSA) is 108 Å². The van der Waals surface area contributed by atoms with E-state index in [2.05, 4.69) is 149 Å². The van der Waals surface area contributed by atoms with Crippen molar-refractivity contribution in [3.05, 3.63) is 123 Å². The number of aromatic nitrogens is 4. The van der Waals surface area contributed by atoms with Crippen LogP contribution in [0.25, 0.3) is 22.3 Å². The highest BCUT2D eigenvalue weighted by Crippen LogP contribution is 2.16. The van der Waals surface area contributed by atoms with Crippen molar-refractivity contribution in [1.29, 1.82) is 0 Å². The van der Waals surface area contributed by atoms with Crippen molar-refractivity contribution in [2.75, 3.05) is 66.0 Å². The van der Waals surface area contributed by atoms with Gasteiger partial charge in [0.15, 0.2) is 62.7 Å². The van der Waals surface area contributed by atoms with E-state index in [1.807, 2.05) is 0 Å². The molecular weight excluding hydrogens is 699 g/mol. The van der Waals surface area contributed by atoms with Crippen LogP contribution >= 0.6 is 0 Å². The van der Waals surface area contributed by atoms with Crippen LogP contribution in [0.15, 0.2) is 123 Å². The number of pyridine rings is 4. The summed E-state index contributed by atoms with van der Waals surface area (Å²) in [5, 5.41) is 2.72. The first-order valence-corrected chi connectivity index (χ1v) is 18.8. The van der Waals surface area contributed by atoms with Gasteiger partial charge in [0.2, 0.25) is 5.91 Å². The van der Waals surface area contributed by atoms with Crippen molar-refractivity contribution in [2.24, 2.45) is 0 Å². The SMILES string of the molecule is C=C(C)C(=O)NCCOCCOCC[n+]1ccc(-c2cc[n+](CC)cc2)cc1.C=CC(=O)OCCOCCOCC[n+]1ccc(-c2cc[n+](CC)cc2)cc1. The number of hydrogen-bond donors (Lipinski definition) is 1. The molecule has 294 valence electrons. The van der Waals surface area contributed by atoms with E-state index in [0.717, 1.165) is 32.3 Å². The second-order valence-corrected chi connectivity index (χ2v) is 12.3. The van der Waals surface area contributed by atoms with E-state index in [0.29, 0.717) is 65.0 Å². The molecule has 0 aromatic carbocycles. The number of esters is 1. The molecule has 12 nitrogen and oxygen atoms in total. The Morgan fingerprint density at radius 2 is 0.909 bits per heavy atom. The highest BCUT2D eigenvalue weighted by molar-refractivity contribution is 5.92. The number of nitrogens with zero attached hydrogens (tertiary/aromatic N) is 4. The van der Waals surface area contributed by atoms with Gasteiger partial charge in [-0.15, -0.1) is 0 Å². The van der Waals surface area contributed by atoms with Gasteiger partial charge < -0.3 is 29.0 Å². The number of amides is 1. The number of rotatable bonds is 24. The monoisotopic (exact) mass is 757 g/mol. The third kappa shape index (κ3) is 18.2. The first-order chi connectivity index (χ1) is 26.8. The van der Waals surface area contributed by atoms with E-state index in [-0.39, 0.29) is 12.5 Å². The Kier molecular flexibility index (Phi) is 21.4. The predicted molar refractivity (Wildman–Crippen MR) is 208 cm³/mol. The van der Waals surface area contributed by atoms with E-state index in [1.165, 1.54) is 22.3 Å². The molecule has 0 aliphatic carbocycles. The standard InChI is InChI=1S/C22H30N3O3.C21H28N2O4/c1-4-24-10-5-20(6-11-24)21-7-12-25(13-8-21)14-16-28-18-17-27-15-9-23-22(26)19(2)3;1-3-21(24)27-18-17-26-16-15-25-14-13-23-11-7-20(8-12-23)19-5-9-22(4-2)10-6-19/h5-8,10-13H,2,4,9,14-18H2,1,3H3;3,5-12H,1,4,13-18H2,2H3/q+1;+2/p+1. The number of carbonyl (C=O) groups excluding carboxylic acids is 2. The maximum Gasteiger partial charge on any atom is 0.330 e. The van der Waals surface area contributed by atoms with Crippen LogP contribution in [0.3, 0.4) is 0 Å². The number of carbonyl (C=O) groups is 2. The first-order valence-electron chi connectivity index (χ1n) is 18.8. The van der Waals surface area contributed by atoms with Crippen LogP contribution in [0.2, 0.25) is 0 Å². The molecule has 0 saturated heterocycles. The molecule has 0 spiro atoms. The molecule has 0 aliphatic rings. The Labute approximate surface area is 326 Å². The lowest BCUT2D eigenvalue weighted by molar-refractivity contribution is -0.698. The molecule has 55 heavy (non-hydrogen) atoms. The van der Waals surface area contributed by atoms with Crippen molar-refractivity contribution in [1.82, 2.24) is 5.32 Å². The van der Waals surface area contributed by atoms with Crippen LogP contribution < -0.4 is 23.6 Å².